The monoisotopic (exact) mass is 433 g/mol. The molecule has 30 heavy (non-hydrogen) atoms. The van der Waals surface area contributed by atoms with E-state index in [4.69, 9.17) is 4.74 Å². The van der Waals surface area contributed by atoms with Crippen molar-refractivity contribution in [1.29, 1.82) is 0 Å². The van der Waals surface area contributed by atoms with E-state index in [-0.39, 0.29) is 23.6 Å². The third kappa shape index (κ3) is 5.35. The van der Waals surface area contributed by atoms with E-state index in [1.54, 1.807) is 11.0 Å². The van der Waals surface area contributed by atoms with Crippen molar-refractivity contribution in [2.45, 2.75) is 83.8 Å². The second-order valence-corrected chi connectivity index (χ2v) is 9.93. The molecule has 7 heteroatoms. The summed E-state index contributed by atoms with van der Waals surface area (Å²) in [7, 11) is 0. The van der Waals surface area contributed by atoms with E-state index in [0.717, 1.165) is 38.5 Å². The first-order chi connectivity index (χ1) is 14.2. The first-order valence-electron chi connectivity index (χ1n) is 10.8. The van der Waals surface area contributed by atoms with Crippen LogP contribution in [0.25, 0.3) is 0 Å². The van der Waals surface area contributed by atoms with Crippen LogP contribution in [-0.4, -0.2) is 33.9 Å². The number of rotatable bonds is 4. The highest BCUT2D eigenvalue weighted by atomic mass is 32.1. The molecular formula is C23H31NO5S. The summed E-state index contributed by atoms with van der Waals surface area (Å²) in [5.74, 6) is 6.65. The van der Waals surface area contributed by atoms with Crippen molar-refractivity contribution >= 4 is 28.4 Å². The normalized spacial score (nSPS) is 23.0. The molecule has 0 aliphatic heterocycles. The molecule has 6 nitrogen and oxygen atoms in total. The molecule has 1 aromatic heterocycles. The van der Waals surface area contributed by atoms with Gasteiger partial charge in [-0.05, 0) is 71.1 Å². The number of ether oxygens (including phenoxy) is 1. The van der Waals surface area contributed by atoms with E-state index in [9.17, 15) is 19.8 Å². The third-order valence-electron chi connectivity index (χ3n) is 6.06. The summed E-state index contributed by atoms with van der Waals surface area (Å²) < 4.78 is 5.01. The van der Waals surface area contributed by atoms with Gasteiger partial charge in [-0.3, -0.25) is 9.69 Å². The highest BCUT2D eigenvalue weighted by Crippen LogP contribution is 2.41. The van der Waals surface area contributed by atoms with Crippen LogP contribution in [0, 0.1) is 23.7 Å². The van der Waals surface area contributed by atoms with Crippen LogP contribution in [0.15, 0.2) is 6.07 Å². The number of nitrogens with zero attached hydrogens (tertiary/aromatic N) is 1. The van der Waals surface area contributed by atoms with Crippen molar-refractivity contribution < 1.29 is 24.5 Å². The van der Waals surface area contributed by atoms with Crippen LogP contribution in [0.1, 0.15) is 77.0 Å². The highest BCUT2D eigenvalue weighted by Gasteiger charge is 2.33. The van der Waals surface area contributed by atoms with Gasteiger partial charge < -0.3 is 14.9 Å². The summed E-state index contributed by atoms with van der Waals surface area (Å²) in [5.41, 5.74) is -0.982. The van der Waals surface area contributed by atoms with Crippen LogP contribution in [0.3, 0.4) is 0 Å². The molecule has 2 N–H and O–H groups in total. The predicted molar refractivity (Wildman–Crippen MR) is 117 cm³/mol. The molecule has 0 spiro atoms. The SMILES string of the molecule is CC1CCC(C(=O)N(c2sc(C#CC3(O)CCCC3)cc2OC(=O)O)C(C)C)CC1. The van der Waals surface area contributed by atoms with Gasteiger partial charge in [-0.1, -0.05) is 18.8 Å². The quantitative estimate of drug-likeness (QED) is 0.514. The second-order valence-electron chi connectivity index (χ2n) is 8.90. The number of hydrogen-bond donors (Lipinski definition) is 2. The van der Waals surface area contributed by atoms with Gasteiger partial charge in [0.1, 0.15) is 10.6 Å². The molecule has 0 atom stereocenters. The average Bonchev–Trinajstić information content (AvgIpc) is 3.27. The van der Waals surface area contributed by atoms with Crippen molar-refractivity contribution in [3.8, 4) is 17.6 Å². The topological polar surface area (TPSA) is 87.1 Å². The average molecular weight is 434 g/mol. The standard InChI is InChI=1S/C23H31NO5S/c1-15(2)24(20(25)17-8-6-16(3)7-9-17)21-19(29-22(26)27)14-18(30-21)10-13-23(28)11-4-5-12-23/h14-17,28H,4-9,11-12H2,1-3H3,(H,26,27). The molecule has 0 radical (unpaired) electrons. The zero-order chi connectivity index (χ0) is 21.9. The Labute approximate surface area is 182 Å². The lowest BCUT2D eigenvalue weighted by molar-refractivity contribution is -0.123. The fourth-order valence-corrected chi connectivity index (χ4v) is 5.39. The number of hydrogen-bond acceptors (Lipinski definition) is 5. The molecule has 2 saturated carbocycles. The van der Waals surface area contributed by atoms with Crippen LogP contribution in [0.4, 0.5) is 9.80 Å². The Hall–Kier alpha value is -2.04. The number of aliphatic hydroxyl groups is 1. The van der Waals surface area contributed by atoms with Crippen LogP contribution in [0.2, 0.25) is 0 Å². The Morgan fingerprint density at radius 1 is 1.23 bits per heavy atom. The first-order valence-corrected chi connectivity index (χ1v) is 11.6. The van der Waals surface area contributed by atoms with Gasteiger partial charge >= 0.3 is 6.16 Å². The van der Waals surface area contributed by atoms with Crippen molar-refractivity contribution in [3.63, 3.8) is 0 Å². The van der Waals surface area contributed by atoms with Crippen LogP contribution in [0.5, 0.6) is 5.75 Å². The maximum Gasteiger partial charge on any atom is 0.511 e. The largest absolute Gasteiger partial charge is 0.511 e. The Morgan fingerprint density at radius 3 is 2.43 bits per heavy atom. The molecular weight excluding hydrogens is 402 g/mol. The number of carboxylic acid groups (broad SMARTS) is 1. The van der Waals surface area contributed by atoms with Crippen LogP contribution < -0.4 is 9.64 Å². The number of carbonyl (C=O) groups is 2. The Morgan fingerprint density at radius 2 is 1.87 bits per heavy atom. The van der Waals surface area contributed by atoms with Crippen molar-refractivity contribution in [2.75, 3.05) is 4.90 Å². The van der Waals surface area contributed by atoms with Gasteiger partial charge in [0.15, 0.2) is 5.75 Å². The van der Waals surface area contributed by atoms with Gasteiger partial charge in [0.05, 0.1) is 4.88 Å². The number of anilines is 1. The molecule has 0 unspecified atom stereocenters. The summed E-state index contributed by atoms with van der Waals surface area (Å²) in [6.07, 6.45) is 5.52. The van der Waals surface area contributed by atoms with Gasteiger partial charge in [-0.2, -0.15) is 0 Å². The molecule has 2 fully saturated rings. The van der Waals surface area contributed by atoms with Crippen molar-refractivity contribution in [3.05, 3.63) is 10.9 Å². The Bertz CT molecular complexity index is 836. The molecule has 2 aliphatic carbocycles. The van der Waals surface area contributed by atoms with Gasteiger partial charge in [-0.15, -0.1) is 11.3 Å². The van der Waals surface area contributed by atoms with Gasteiger partial charge in [0.25, 0.3) is 0 Å². The molecule has 3 rings (SSSR count). The van der Waals surface area contributed by atoms with Crippen LogP contribution >= 0.6 is 11.3 Å². The van der Waals surface area contributed by atoms with E-state index >= 15 is 0 Å². The number of thiophene rings is 1. The summed E-state index contributed by atoms with van der Waals surface area (Å²) in [6.45, 7) is 6.04. The molecule has 1 heterocycles. The summed E-state index contributed by atoms with van der Waals surface area (Å²) >= 11 is 1.24. The van der Waals surface area contributed by atoms with Gasteiger partial charge in [0.2, 0.25) is 5.91 Å². The maximum atomic E-state index is 13.4. The third-order valence-corrected chi connectivity index (χ3v) is 7.09. The van der Waals surface area contributed by atoms with Crippen molar-refractivity contribution in [1.82, 2.24) is 0 Å². The smallest absolute Gasteiger partial charge is 0.449 e. The second kappa shape index (κ2) is 9.40. The number of amides is 1. The lowest BCUT2D eigenvalue weighted by atomic mass is 9.82. The molecule has 164 valence electrons. The predicted octanol–water partition coefficient (Wildman–Crippen LogP) is 5.03. The number of carbonyl (C=O) groups excluding carboxylic acids is 1. The Balaban J connectivity index is 1.91. The summed E-state index contributed by atoms with van der Waals surface area (Å²) in [6, 6.07) is 1.41. The minimum Gasteiger partial charge on any atom is -0.449 e. The fourth-order valence-electron chi connectivity index (χ4n) is 4.32. The minimum atomic E-state index is -1.43. The van der Waals surface area contributed by atoms with E-state index in [0.29, 0.717) is 28.6 Å². The zero-order valence-corrected chi connectivity index (χ0v) is 18.8. The Kier molecular flexibility index (Phi) is 7.10. The van der Waals surface area contributed by atoms with E-state index < -0.39 is 11.8 Å². The molecule has 1 aromatic rings. The molecule has 0 aromatic carbocycles. The first kappa shape index (κ1) is 22.6. The molecule has 1 amide bonds. The van der Waals surface area contributed by atoms with Crippen molar-refractivity contribution in [2.24, 2.45) is 11.8 Å². The van der Waals surface area contributed by atoms with Gasteiger partial charge in [-0.25, -0.2) is 4.79 Å². The van der Waals surface area contributed by atoms with E-state index in [1.165, 1.54) is 11.3 Å². The highest BCUT2D eigenvalue weighted by molar-refractivity contribution is 7.17. The zero-order valence-electron chi connectivity index (χ0n) is 17.9. The van der Waals surface area contributed by atoms with E-state index in [1.807, 2.05) is 13.8 Å². The maximum absolute atomic E-state index is 13.4. The lowest BCUT2D eigenvalue weighted by Gasteiger charge is -2.33. The summed E-state index contributed by atoms with van der Waals surface area (Å²) in [4.78, 5) is 26.9. The van der Waals surface area contributed by atoms with E-state index in [2.05, 4.69) is 18.8 Å². The molecule has 2 aliphatic rings. The molecule has 0 saturated heterocycles. The molecule has 0 bridgehead atoms. The van der Waals surface area contributed by atoms with Crippen LogP contribution in [-0.2, 0) is 4.79 Å². The summed E-state index contributed by atoms with van der Waals surface area (Å²) in [5, 5.41) is 20.1. The van der Waals surface area contributed by atoms with Gasteiger partial charge in [0, 0.05) is 18.0 Å². The minimum absolute atomic E-state index is 0.0166. The lowest BCUT2D eigenvalue weighted by Crippen LogP contribution is -2.42. The fraction of sp³-hybridized carbons (Fsp3) is 0.652.